The van der Waals surface area contributed by atoms with E-state index in [0.29, 0.717) is 51.1 Å². The van der Waals surface area contributed by atoms with Crippen LogP contribution >= 0.6 is 11.6 Å². The Morgan fingerprint density at radius 3 is 2.62 bits per heavy atom. The van der Waals surface area contributed by atoms with Gasteiger partial charge < -0.3 is 9.73 Å². The van der Waals surface area contributed by atoms with Crippen molar-refractivity contribution < 1.29 is 12.8 Å². The fraction of sp³-hybridized carbons (Fsp3) is 0.296. The first kappa shape index (κ1) is 26.8. The average molecular weight is 541 g/mol. The summed E-state index contributed by atoms with van der Waals surface area (Å²) in [5.74, 6) is 0.435. The molecule has 1 atom stereocenters. The van der Waals surface area contributed by atoms with Crippen molar-refractivity contribution in [3.8, 4) is 11.3 Å². The van der Waals surface area contributed by atoms with Crippen LogP contribution in [0.15, 0.2) is 57.0 Å². The Balaban J connectivity index is 1.91. The molecule has 0 spiro atoms. The Morgan fingerprint density at radius 1 is 1.22 bits per heavy atom. The standard InChI is InChI=1S/C27H29ClN4O4S/c1-5-6-8-18-13-22(28)32-27(37(29,34)35)23(18)31-17(4)20-11-15(2)12-21-24(33)16(3)25(36-26(20)21)19-9-7-10-30-14-19/h7,9-14,17,31H,5-6,8H2,1-4H3,(H2,29,34,35)/t17-/m1/s1. The summed E-state index contributed by atoms with van der Waals surface area (Å²) in [5, 5.41) is 9.00. The lowest BCUT2D eigenvalue weighted by molar-refractivity contribution is 0.593. The molecule has 0 aliphatic carbocycles. The largest absolute Gasteiger partial charge is 0.455 e. The highest BCUT2D eigenvalue weighted by Gasteiger charge is 2.24. The SMILES string of the molecule is CCCCc1cc(Cl)nc(S(N)(=O)=O)c1N[C@H](C)c1cc(C)cc2c(=O)c(C)c(-c3cccnc3)oc12. The van der Waals surface area contributed by atoms with Crippen molar-refractivity contribution in [3.63, 3.8) is 0 Å². The van der Waals surface area contributed by atoms with Gasteiger partial charge in [-0.2, -0.15) is 0 Å². The van der Waals surface area contributed by atoms with Crippen molar-refractivity contribution in [2.45, 2.75) is 58.0 Å². The van der Waals surface area contributed by atoms with Crippen molar-refractivity contribution in [3.05, 3.63) is 80.4 Å². The third-order valence-corrected chi connectivity index (χ3v) is 7.28. The number of aryl methyl sites for hydroxylation is 2. The van der Waals surface area contributed by atoms with E-state index in [-0.39, 0.29) is 15.6 Å². The first-order valence-electron chi connectivity index (χ1n) is 12.0. The van der Waals surface area contributed by atoms with Crippen LogP contribution in [-0.4, -0.2) is 18.4 Å². The maximum Gasteiger partial charge on any atom is 0.257 e. The van der Waals surface area contributed by atoms with Gasteiger partial charge in [-0.05, 0) is 69.0 Å². The molecule has 194 valence electrons. The Bertz CT molecular complexity index is 1640. The van der Waals surface area contributed by atoms with Crippen molar-refractivity contribution >= 4 is 38.3 Å². The number of benzene rings is 1. The van der Waals surface area contributed by atoms with Gasteiger partial charge in [-0.25, -0.2) is 18.5 Å². The summed E-state index contributed by atoms with van der Waals surface area (Å²) in [6.07, 6.45) is 5.61. The minimum absolute atomic E-state index is 0.0527. The second-order valence-corrected chi connectivity index (χ2v) is 11.0. The number of aromatic nitrogens is 2. The minimum atomic E-state index is -4.18. The van der Waals surface area contributed by atoms with Gasteiger partial charge in [-0.1, -0.05) is 31.0 Å². The number of rotatable bonds is 8. The van der Waals surface area contributed by atoms with Gasteiger partial charge in [0, 0.05) is 29.1 Å². The monoisotopic (exact) mass is 540 g/mol. The molecule has 4 aromatic rings. The Labute approximate surface area is 221 Å². The molecular weight excluding hydrogens is 512 g/mol. The van der Waals surface area contributed by atoms with Gasteiger partial charge in [0.25, 0.3) is 10.0 Å². The molecule has 3 aromatic heterocycles. The van der Waals surface area contributed by atoms with E-state index in [9.17, 15) is 13.2 Å². The molecule has 0 amide bonds. The van der Waals surface area contributed by atoms with Gasteiger partial charge in [0.1, 0.15) is 16.5 Å². The molecule has 10 heteroatoms. The van der Waals surface area contributed by atoms with Crippen LogP contribution in [0.1, 0.15) is 55.0 Å². The third kappa shape index (κ3) is 5.53. The molecule has 0 fully saturated rings. The minimum Gasteiger partial charge on any atom is -0.455 e. The maximum atomic E-state index is 13.4. The maximum absolute atomic E-state index is 13.4. The molecule has 8 nitrogen and oxygen atoms in total. The predicted octanol–water partition coefficient (Wildman–Crippen LogP) is 5.68. The Kier molecular flexibility index (Phi) is 7.68. The van der Waals surface area contributed by atoms with E-state index in [2.05, 4.69) is 15.3 Å². The Morgan fingerprint density at radius 2 is 1.97 bits per heavy atom. The smallest absolute Gasteiger partial charge is 0.257 e. The number of halogens is 1. The van der Waals surface area contributed by atoms with Crippen LogP contribution in [0.4, 0.5) is 5.69 Å². The number of hydrogen-bond donors (Lipinski definition) is 2. The number of pyridine rings is 2. The van der Waals surface area contributed by atoms with Crippen molar-refractivity contribution in [1.82, 2.24) is 9.97 Å². The topological polar surface area (TPSA) is 128 Å². The molecule has 0 unspecified atom stereocenters. The molecule has 0 saturated carbocycles. The molecule has 0 radical (unpaired) electrons. The first-order chi connectivity index (χ1) is 17.5. The van der Waals surface area contributed by atoms with Crippen molar-refractivity contribution in [2.24, 2.45) is 5.14 Å². The highest BCUT2D eigenvalue weighted by Crippen LogP contribution is 2.35. The predicted molar refractivity (Wildman–Crippen MR) is 146 cm³/mol. The van der Waals surface area contributed by atoms with Crippen LogP contribution in [-0.2, 0) is 16.4 Å². The number of anilines is 1. The molecule has 0 aliphatic heterocycles. The van der Waals surface area contributed by atoms with Crippen molar-refractivity contribution in [1.29, 1.82) is 0 Å². The number of nitrogens with one attached hydrogen (secondary N) is 1. The summed E-state index contributed by atoms with van der Waals surface area (Å²) in [6, 6.07) is 8.50. The fourth-order valence-electron chi connectivity index (χ4n) is 4.42. The van der Waals surface area contributed by atoms with Gasteiger partial charge in [-0.3, -0.25) is 9.78 Å². The van der Waals surface area contributed by atoms with Gasteiger partial charge in [0.2, 0.25) is 0 Å². The second kappa shape index (κ2) is 10.6. The number of unbranched alkanes of at least 4 members (excludes halogenated alkanes) is 1. The van der Waals surface area contributed by atoms with Crippen LogP contribution in [0.5, 0.6) is 0 Å². The number of nitrogens with two attached hydrogens (primary N) is 1. The van der Waals surface area contributed by atoms with Gasteiger partial charge in [-0.15, -0.1) is 0 Å². The number of fused-ring (bicyclic) bond motifs is 1. The van der Waals surface area contributed by atoms with E-state index >= 15 is 0 Å². The first-order valence-corrected chi connectivity index (χ1v) is 13.9. The zero-order chi connectivity index (χ0) is 26.9. The molecule has 3 N–H and O–H groups in total. The fourth-order valence-corrected chi connectivity index (χ4v) is 5.39. The average Bonchev–Trinajstić information content (AvgIpc) is 2.85. The number of hydrogen-bond acceptors (Lipinski definition) is 7. The second-order valence-electron chi connectivity index (χ2n) is 9.16. The summed E-state index contributed by atoms with van der Waals surface area (Å²) in [5.41, 5.74) is 3.99. The normalized spacial score (nSPS) is 12.6. The molecule has 1 aromatic carbocycles. The third-order valence-electron chi connectivity index (χ3n) is 6.25. The van der Waals surface area contributed by atoms with Crippen LogP contribution in [0.2, 0.25) is 5.15 Å². The van der Waals surface area contributed by atoms with E-state index in [0.717, 1.165) is 18.4 Å². The molecular formula is C27H29ClN4O4S. The summed E-state index contributed by atoms with van der Waals surface area (Å²) in [6.45, 7) is 7.53. The molecule has 0 bridgehead atoms. The van der Waals surface area contributed by atoms with Gasteiger partial charge >= 0.3 is 0 Å². The van der Waals surface area contributed by atoms with E-state index in [1.807, 2.05) is 32.9 Å². The van der Waals surface area contributed by atoms with Crippen LogP contribution in [0, 0.1) is 13.8 Å². The van der Waals surface area contributed by atoms with E-state index < -0.39 is 16.1 Å². The van der Waals surface area contributed by atoms with Gasteiger partial charge in [0.15, 0.2) is 10.5 Å². The molecule has 0 saturated heterocycles. The summed E-state index contributed by atoms with van der Waals surface area (Å²) in [7, 11) is -4.18. The summed E-state index contributed by atoms with van der Waals surface area (Å²) < 4.78 is 31.3. The van der Waals surface area contributed by atoms with Crippen LogP contribution in [0.3, 0.4) is 0 Å². The quantitative estimate of drug-likeness (QED) is 0.275. The summed E-state index contributed by atoms with van der Waals surface area (Å²) >= 11 is 6.15. The highest BCUT2D eigenvalue weighted by atomic mass is 35.5. The molecule has 0 aliphatic rings. The number of primary sulfonamides is 1. The van der Waals surface area contributed by atoms with E-state index in [1.54, 1.807) is 37.5 Å². The van der Waals surface area contributed by atoms with Crippen LogP contribution in [0.25, 0.3) is 22.3 Å². The van der Waals surface area contributed by atoms with Crippen molar-refractivity contribution in [2.75, 3.05) is 5.32 Å². The van der Waals surface area contributed by atoms with Crippen LogP contribution < -0.4 is 15.9 Å². The van der Waals surface area contributed by atoms with E-state index in [1.165, 1.54) is 0 Å². The number of sulfonamides is 1. The molecule has 4 rings (SSSR count). The van der Waals surface area contributed by atoms with Gasteiger partial charge in [0.05, 0.1) is 17.1 Å². The number of nitrogens with zero attached hydrogens (tertiary/aromatic N) is 2. The molecule has 37 heavy (non-hydrogen) atoms. The molecule has 3 heterocycles. The Hall–Kier alpha value is -3.27. The van der Waals surface area contributed by atoms with E-state index in [4.69, 9.17) is 21.2 Å². The zero-order valence-corrected chi connectivity index (χ0v) is 22.7. The lowest BCUT2D eigenvalue weighted by atomic mass is 9.98. The zero-order valence-electron chi connectivity index (χ0n) is 21.1. The highest BCUT2D eigenvalue weighted by molar-refractivity contribution is 7.89. The lowest BCUT2D eigenvalue weighted by Gasteiger charge is -2.22. The lowest BCUT2D eigenvalue weighted by Crippen LogP contribution is -2.20. The summed E-state index contributed by atoms with van der Waals surface area (Å²) in [4.78, 5) is 21.6.